The van der Waals surface area contributed by atoms with Crippen LogP contribution in [-0.2, 0) is 13.3 Å². The molecule has 4 unspecified atom stereocenters. The van der Waals surface area contributed by atoms with Gasteiger partial charge in [-0.25, -0.2) is 0 Å². The molecule has 4 rings (SSSR count). The van der Waals surface area contributed by atoms with Gasteiger partial charge in [-0.15, -0.1) is 0 Å². The molecule has 204 valence electrons. The third-order valence-corrected chi connectivity index (χ3v) is 13.2. The molecule has 0 radical (unpaired) electrons. The molecule has 4 fully saturated rings. The monoisotopic (exact) mass is 538 g/mol. The molecule has 0 N–H and O–H groups in total. The Balaban J connectivity index is 1.53. The highest BCUT2D eigenvalue weighted by Gasteiger charge is 2.62. The molecule has 4 aliphatic carbocycles. The second-order valence-corrected chi connectivity index (χ2v) is 29.5. The summed E-state index contributed by atoms with van der Waals surface area (Å²) in [5.74, 6) is 5.07. The fourth-order valence-corrected chi connectivity index (χ4v) is 13.1. The van der Waals surface area contributed by atoms with E-state index in [0.717, 1.165) is 29.6 Å². The lowest BCUT2D eigenvalue weighted by Crippen LogP contribution is -2.52. The molecule has 4 saturated carbocycles. The maximum atomic E-state index is 7.01. The Bertz CT molecular complexity index is 739. The summed E-state index contributed by atoms with van der Waals surface area (Å²) in [6, 6.07) is 0. The van der Waals surface area contributed by atoms with Gasteiger partial charge in [0.1, 0.15) is 0 Å². The molecule has 0 bridgehead atoms. The van der Waals surface area contributed by atoms with Gasteiger partial charge in [-0.1, -0.05) is 6.92 Å². The molecule has 0 aliphatic heterocycles. The van der Waals surface area contributed by atoms with Crippen LogP contribution in [-0.4, -0.2) is 43.3 Å². The summed E-state index contributed by atoms with van der Waals surface area (Å²) in [5, 5.41) is 0. The molecule has 0 aromatic heterocycles. The lowest BCUT2D eigenvalue weighted by Gasteiger charge is -2.57. The Kier molecular flexibility index (Phi) is 8.10. The Morgan fingerprint density at radius 2 is 1.31 bits per heavy atom. The molecule has 6 heteroatoms. The number of hydrogen-bond acceptors (Lipinski definition) is 3. The van der Waals surface area contributed by atoms with Gasteiger partial charge < -0.3 is 13.3 Å². The van der Waals surface area contributed by atoms with Crippen LogP contribution in [0.4, 0.5) is 0 Å². The largest absolute Gasteiger partial charge is 0.415 e. The molecule has 35 heavy (non-hydrogen) atoms. The summed E-state index contributed by atoms with van der Waals surface area (Å²) >= 11 is 0. The van der Waals surface area contributed by atoms with Crippen LogP contribution in [0.2, 0.25) is 58.9 Å². The molecule has 0 saturated heterocycles. The van der Waals surface area contributed by atoms with Gasteiger partial charge in [0, 0.05) is 18.1 Å². The Hall–Kier alpha value is 0.531. The van der Waals surface area contributed by atoms with E-state index in [0.29, 0.717) is 29.6 Å². The minimum Gasteiger partial charge on any atom is -0.415 e. The zero-order valence-electron chi connectivity index (χ0n) is 25.1. The molecular weight excluding hydrogens is 481 g/mol. The average molecular weight is 539 g/mol. The first kappa shape index (κ1) is 28.5. The SMILES string of the molecule is C[C@H](O[Si](C)(C)C)[C@H]1[C@H](O[Si](C)(C)C)CC2C3CC[C@@H]4C[C@H](O[Si](C)(C)C)CCC4C3CC[C@@]21C. The molecule has 10 atom stereocenters. The zero-order chi connectivity index (χ0) is 26.0. The Morgan fingerprint density at radius 3 is 1.91 bits per heavy atom. The van der Waals surface area contributed by atoms with E-state index < -0.39 is 25.0 Å². The van der Waals surface area contributed by atoms with Crippen LogP contribution in [0.1, 0.15) is 65.2 Å². The van der Waals surface area contributed by atoms with Crippen molar-refractivity contribution in [3.05, 3.63) is 0 Å². The standard InChI is InChI=1S/C29H58O3Si3/c1-20(30-33(3,4)5)28-27(32-35(9,10)11)19-26-25-14-12-21-18-22(31-34(6,7)8)13-15-23(21)24(25)16-17-29(26,28)2/h20-28H,12-19H2,1-11H3/t20-,21+,22+,23?,24?,25?,26?,27+,28-,29-/m0/s1. The summed E-state index contributed by atoms with van der Waals surface area (Å²) in [5.41, 5.74) is 0.371. The predicted molar refractivity (Wildman–Crippen MR) is 156 cm³/mol. The van der Waals surface area contributed by atoms with Crippen LogP contribution >= 0.6 is 0 Å². The molecule has 0 heterocycles. The van der Waals surface area contributed by atoms with E-state index in [1.807, 2.05) is 0 Å². The average Bonchev–Trinajstić information content (AvgIpc) is 2.95. The van der Waals surface area contributed by atoms with E-state index in [9.17, 15) is 0 Å². The summed E-state index contributed by atoms with van der Waals surface area (Å²) in [7, 11) is -4.67. The summed E-state index contributed by atoms with van der Waals surface area (Å²) < 4.78 is 20.4. The van der Waals surface area contributed by atoms with E-state index >= 15 is 0 Å². The first-order valence-electron chi connectivity index (χ1n) is 15.0. The van der Waals surface area contributed by atoms with E-state index in [2.05, 4.69) is 72.8 Å². The van der Waals surface area contributed by atoms with Gasteiger partial charge in [-0.05, 0) is 152 Å². The molecule has 4 aliphatic rings. The normalized spacial score (nSPS) is 43.3. The molecule has 3 nitrogen and oxygen atoms in total. The molecule has 0 aromatic rings. The molecular formula is C29H58O3Si3. The van der Waals surface area contributed by atoms with Gasteiger partial charge in [0.05, 0.1) is 6.10 Å². The van der Waals surface area contributed by atoms with Gasteiger partial charge >= 0.3 is 0 Å². The van der Waals surface area contributed by atoms with Crippen molar-refractivity contribution < 1.29 is 13.3 Å². The number of fused-ring (bicyclic) bond motifs is 5. The molecule has 0 spiro atoms. The molecule has 0 aromatic carbocycles. The predicted octanol–water partition coefficient (Wildman–Crippen LogP) is 8.55. The number of rotatable bonds is 7. The first-order valence-corrected chi connectivity index (χ1v) is 25.2. The van der Waals surface area contributed by atoms with Gasteiger partial charge in [-0.2, -0.15) is 0 Å². The summed E-state index contributed by atoms with van der Waals surface area (Å²) in [6.07, 6.45) is 12.3. The highest BCUT2D eigenvalue weighted by Crippen LogP contribution is 2.65. The van der Waals surface area contributed by atoms with Crippen LogP contribution < -0.4 is 0 Å². The second-order valence-electron chi connectivity index (χ2n) is 16.1. The van der Waals surface area contributed by atoms with Crippen LogP contribution in [0.25, 0.3) is 0 Å². The summed E-state index contributed by atoms with van der Waals surface area (Å²) in [6.45, 7) is 26.3. The van der Waals surface area contributed by atoms with E-state index in [4.69, 9.17) is 13.3 Å². The fraction of sp³-hybridized carbons (Fsp3) is 1.00. The Labute approximate surface area is 221 Å². The van der Waals surface area contributed by atoms with Gasteiger partial charge in [0.2, 0.25) is 0 Å². The van der Waals surface area contributed by atoms with Crippen molar-refractivity contribution in [1.82, 2.24) is 0 Å². The van der Waals surface area contributed by atoms with Gasteiger partial charge in [0.25, 0.3) is 0 Å². The van der Waals surface area contributed by atoms with Crippen molar-refractivity contribution in [2.45, 2.75) is 142 Å². The van der Waals surface area contributed by atoms with Crippen molar-refractivity contribution in [1.29, 1.82) is 0 Å². The fourth-order valence-electron chi connectivity index (χ4n) is 9.49. The maximum Gasteiger partial charge on any atom is 0.184 e. The summed E-state index contributed by atoms with van der Waals surface area (Å²) in [4.78, 5) is 0. The van der Waals surface area contributed by atoms with Crippen molar-refractivity contribution in [2.24, 2.45) is 40.9 Å². The minimum absolute atomic E-state index is 0.306. The van der Waals surface area contributed by atoms with Crippen LogP contribution in [0.5, 0.6) is 0 Å². The van der Waals surface area contributed by atoms with Crippen molar-refractivity contribution in [3.8, 4) is 0 Å². The third-order valence-electron chi connectivity index (χ3n) is 10.1. The smallest absolute Gasteiger partial charge is 0.184 e. The second kappa shape index (κ2) is 9.93. The molecule has 0 amide bonds. The highest BCUT2D eigenvalue weighted by atomic mass is 28.4. The first-order chi connectivity index (χ1) is 16.0. The van der Waals surface area contributed by atoms with Gasteiger partial charge in [-0.3, -0.25) is 0 Å². The van der Waals surface area contributed by atoms with Crippen molar-refractivity contribution >= 4 is 25.0 Å². The van der Waals surface area contributed by atoms with Gasteiger partial charge in [0.15, 0.2) is 25.0 Å². The van der Waals surface area contributed by atoms with Crippen molar-refractivity contribution in [2.75, 3.05) is 0 Å². The van der Waals surface area contributed by atoms with Crippen LogP contribution in [0.15, 0.2) is 0 Å². The van der Waals surface area contributed by atoms with Crippen LogP contribution in [0, 0.1) is 40.9 Å². The zero-order valence-corrected chi connectivity index (χ0v) is 28.1. The topological polar surface area (TPSA) is 27.7 Å². The number of hydrogen-bond donors (Lipinski definition) is 0. The van der Waals surface area contributed by atoms with E-state index in [1.54, 1.807) is 0 Å². The van der Waals surface area contributed by atoms with Crippen LogP contribution in [0.3, 0.4) is 0 Å². The lowest BCUT2D eigenvalue weighted by atomic mass is 9.49. The minimum atomic E-state index is -1.62. The third kappa shape index (κ3) is 6.41. The van der Waals surface area contributed by atoms with Crippen molar-refractivity contribution in [3.63, 3.8) is 0 Å². The quantitative estimate of drug-likeness (QED) is 0.304. The van der Waals surface area contributed by atoms with E-state index in [-0.39, 0.29) is 0 Å². The van der Waals surface area contributed by atoms with E-state index in [1.165, 1.54) is 51.4 Å². The highest BCUT2D eigenvalue weighted by molar-refractivity contribution is 6.70. The maximum absolute atomic E-state index is 7.01. The lowest BCUT2D eigenvalue weighted by molar-refractivity contribution is -0.0892. The Morgan fingerprint density at radius 1 is 0.686 bits per heavy atom.